The van der Waals surface area contributed by atoms with Gasteiger partial charge in [-0.3, -0.25) is 14.6 Å². The highest BCUT2D eigenvalue weighted by atomic mass is 35.5. The lowest BCUT2D eigenvalue weighted by molar-refractivity contribution is -0.119. The topological polar surface area (TPSA) is 58.4 Å². The zero-order chi connectivity index (χ0) is 9.68. The van der Waals surface area contributed by atoms with Gasteiger partial charge < -0.3 is 0 Å². The van der Waals surface area contributed by atoms with Gasteiger partial charge >= 0.3 is 0 Å². The van der Waals surface area contributed by atoms with Crippen LogP contribution in [-0.2, 0) is 4.79 Å². The molecule has 1 aromatic rings. The van der Waals surface area contributed by atoms with E-state index in [4.69, 9.17) is 17.6 Å². The van der Waals surface area contributed by atoms with Crippen molar-refractivity contribution in [2.24, 2.45) is 5.84 Å². The SMILES string of the molecule is NNC(=O)CN(Cl)c1ccccc1. The van der Waals surface area contributed by atoms with Crippen molar-refractivity contribution in [3.05, 3.63) is 30.3 Å². The molecule has 0 radical (unpaired) electrons. The molecule has 70 valence electrons. The first-order valence-electron chi connectivity index (χ1n) is 3.72. The summed E-state index contributed by atoms with van der Waals surface area (Å²) in [5.74, 6) is 4.58. The number of hydrazine groups is 1. The Labute approximate surface area is 81.4 Å². The predicted octanol–water partition coefficient (Wildman–Crippen LogP) is 0.637. The fourth-order valence-electron chi connectivity index (χ4n) is 0.853. The number of nitrogens with one attached hydrogen (secondary N) is 1. The number of carbonyl (C=O) groups is 1. The van der Waals surface area contributed by atoms with E-state index < -0.39 is 0 Å². The third-order valence-corrected chi connectivity index (χ3v) is 1.79. The number of nitrogens with zero attached hydrogens (tertiary/aromatic N) is 1. The second-order valence-corrected chi connectivity index (χ2v) is 2.83. The highest BCUT2D eigenvalue weighted by Crippen LogP contribution is 2.14. The van der Waals surface area contributed by atoms with Gasteiger partial charge in [0, 0.05) is 11.8 Å². The molecule has 0 saturated heterocycles. The summed E-state index contributed by atoms with van der Waals surface area (Å²) in [7, 11) is 0. The van der Waals surface area contributed by atoms with Gasteiger partial charge in [0.2, 0.25) is 0 Å². The molecule has 0 aliphatic rings. The maximum absolute atomic E-state index is 10.8. The Morgan fingerprint density at radius 1 is 1.46 bits per heavy atom. The molecule has 0 unspecified atom stereocenters. The smallest absolute Gasteiger partial charge is 0.254 e. The number of amides is 1. The molecule has 0 aromatic heterocycles. The van der Waals surface area contributed by atoms with E-state index in [1.54, 1.807) is 12.1 Å². The number of carbonyl (C=O) groups excluding carboxylic acids is 1. The summed E-state index contributed by atoms with van der Waals surface area (Å²) in [5.41, 5.74) is 2.76. The number of hydrogen-bond acceptors (Lipinski definition) is 3. The molecule has 1 rings (SSSR count). The van der Waals surface area contributed by atoms with Crippen LogP contribution in [0, 0.1) is 0 Å². The first kappa shape index (κ1) is 9.83. The van der Waals surface area contributed by atoms with Crippen molar-refractivity contribution in [3.8, 4) is 0 Å². The van der Waals surface area contributed by atoms with Crippen molar-refractivity contribution in [2.45, 2.75) is 0 Å². The third-order valence-electron chi connectivity index (χ3n) is 1.48. The maximum Gasteiger partial charge on any atom is 0.254 e. The van der Waals surface area contributed by atoms with Crippen molar-refractivity contribution >= 4 is 23.4 Å². The van der Waals surface area contributed by atoms with Gasteiger partial charge in [-0.25, -0.2) is 5.84 Å². The number of halogens is 1. The van der Waals surface area contributed by atoms with Crippen LogP contribution in [0.15, 0.2) is 30.3 Å². The number of anilines is 1. The van der Waals surface area contributed by atoms with E-state index in [1.807, 2.05) is 23.6 Å². The minimum Gasteiger partial charge on any atom is -0.293 e. The van der Waals surface area contributed by atoms with Crippen molar-refractivity contribution in [1.82, 2.24) is 5.43 Å². The van der Waals surface area contributed by atoms with Crippen LogP contribution in [0.2, 0.25) is 0 Å². The molecule has 0 atom stereocenters. The second kappa shape index (κ2) is 4.69. The van der Waals surface area contributed by atoms with Crippen LogP contribution in [0.1, 0.15) is 0 Å². The van der Waals surface area contributed by atoms with Gasteiger partial charge in [0.25, 0.3) is 5.91 Å². The Balaban J connectivity index is 2.59. The van der Waals surface area contributed by atoms with Crippen LogP contribution in [0.25, 0.3) is 0 Å². The first-order chi connectivity index (χ1) is 6.24. The number of hydrogen-bond donors (Lipinski definition) is 2. The molecule has 5 heteroatoms. The molecule has 0 aliphatic heterocycles. The molecule has 0 saturated carbocycles. The van der Waals surface area contributed by atoms with E-state index in [1.165, 1.54) is 4.42 Å². The quantitative estimate of drug-likeness (QED) is 0.325. The van der Waals surface area contributed by atoms with E-state index >= 15 is 0 Å². The summed E-state index contributed by atoms with van der Waals surface area (Å²) in [4.78, 5) is 10.8. The summed E-state index contributed by atoms with van der Waals surface area (Å²) >= 11 is 5.80. The van der Waals surface area contributed by atoms with Crippen LogP contribution in [0.3, 0.4) is 0 Å². The highest BCUT2D eigenvalue weighted by Gasteiger charge is 2.06. The first-order valence-corrected chi connectivity index (χ1v) is 4.05. The Kier molecular flexibility index (Phi) is 3.54. The van der Waals surface area contributed by atoms with Gasteiger partial charge in [-0.2, -0.15) is 0 Å². The molecule has 1 amide bonds. The molecule has 0 bridgehead atoms. The number of nitrogens with two attached hydrogens (primary N) is 1. The maximum atomic E-state index is 10.8. The monoisotopic (exact) mass is 199 g/mol. The van der Waals surface area contributed by atoms with E-state index in [0.29, 0.717) is 0 Å². The average Bonchev–Trinajstić information content (AvgIpc) is 2.19. The molecule has 1 aromatic carbocycles. The minimum absolute atomic E-state index is 0.0298. The van der Waals surface area contributed by atoms with Crippen molar-refractivity contribution in [1.29, 1.82) is 0 Å². The van der Waals surface area contributed by atoms with Crippen molar-refractivity contribution in [2.75, 3.05) is 11.0 Å². The summed E-state index contributed by atoms with van der Waals surface area (Å²) in [6, 6.07) is 9.15. The molecule has 0 spiro atoms. The Bertz CT molecular complexity index is 278. The molecule has 0 fully saturated rings. The van der Waals surface area contributed by atoms with Gasteiger partial charge in [0.15, 0.2) is 0 Å². The lowest BCUT2D eigenvalue weighted by atomic mass is 10.3. The van der Waals surface area contributed by atoms with Gasteiger partial charge in [-0.15, -0.1) is 0 Å². The molecule has 3 N–H and O–H groups in total. The predicted molar refractivity (Wildman–Crippen MR) is 52.0 cm³/mol. The molecular formula is C8H10ClN3O. The van der Waals surface area contributed by atoms with Crippen molar-refractivity contribution in [3.63, 3.8) is 0 Å². The average molecular weight is 200 g/mol. The largest absolute Gasteiger partial charge is 0.293 e. The standard InChI is InChI=1S/C8H10ClN3O/c9-12(6-8(13)11-10)7-4-2-1-3-5-7/h1-5H,6,10H2,(H,11,13). The van der Waals surface area contributed by atoms with Crippen LogP contribution >= 0.6 is 11.8 Å². The number of rotatable bonds is 3. The second-order valence-electron chi connectivity index (χ2n) is 2.42. The number of benzene rings is 1. The van der Waals surface area contributed by atoms with Gasteiger partial charge in [-0.05, 0) is 12.1 Å². The van der Waals surface area contributed by atoms with Gasteiger partial charge in [0.1, 0.15) is 6.54 Å². The van der Waals surface area contributed by atoms with E-state index in [2.05, 4.69) is 0 Å². The Morgan fingerprint density at radius 2 is 2.08 bits per heavy atom. The zero-order valence-corrected chi connectivity index (χ0v) is 7.66. The Hall–Kier alpha value is -1.26. The lowest BCUT2D eigenvalue weighted by Gasteiger charge is -2.13. The fraction of sp³-hybridized carbons (Fsp3) is 0.125. The molecule has 0 aliphatic carbocycles. The van der Waals surface area contributed by atoms with Crippen LogP contribution in [0.4, 0.5) is 5.69 Å². The Morgan fingerprint density at radius 3 is 2.62 bits per heavy atom. The molecule has 0 heterocycles. The lowest BCUT2D eigenvalue weighted by Crippen LogP contribution is -2.37. The zero-order valence-electron chi connectivity index (χ0n) is 6.90. The van der Waals surface area contributed by atoms with Gasteiger partial charge in [0.05, 0.1) is 5.69 Å². The third kappa shape index (κ3) is 2.93. The summed E-state index contributed by atoms with van der Waals surface area (Å²) in [6.45, 7) is 0.0298. The van der Waals surface area contributed by atoms with E-state index in [9.17, 15) is 4.79 Å². The summed E-state index contributed by atoms with van der Waals surface area (Å²) in [5, 5.41) is 0. The molecule has 4 nitrogen and oxygen atoms in total. The fourth-order valence-corrected chi connectivity index (χ4v) is 1.07. The summed E-state index contributed by atoms with van der Waals surface area (Å²) in [6.07, 6.45) is 0. The minimum atomic E-state index is -0.334. The normalized spacial score (nSPS) is 9.38. The van der Waals surface area contributed by atoms with Gasteiger partial charge in [-0.1, -0.05) is 18.2 Å². The van der Waals surface area contributed by atoms with E-state index in [-0.39, 0.29) is 12.5 Å². The van der Waals surface area contributed by atoms with Crippen LogP contribution in [0.5, 0.6) is 0 Å². The highest BCUT2D eigenvalue weighted by molar-refractivity contribution is 6.27. The summed E-state index contributed by atoms with van der Waals surface area (Å²) < 4.78 is 1.29. The van der Waals surface area contributed by atoms with Crippen LogP contribution in [-0.4, -0.2) is 12.5 Å². The van der Waals surface area contributed by atoms with Crippen molar-refractivity contribution < 1.29 is 4.79 Å². The van der Waals surface area contributed by atoms with E-state index in [0.717, 1.165) is 5.69 Å². The van der Waals surface area contributed by atoms with Crippen LogP contribution < -0.4 is 15.7 Å². The molecular weight excluding hydrogens is 190 g/mol. The number of para-hydroxylation sites is 1. The molecule has 13 heavy (non-hydrogen) atoms.